The lowest BCUT2D eigenvalue weighted by molar-refractivity contribution is 0.462. The van der Waals surface area contributed by atoms with E-state index in [0.29, 0.717) is 5.56 Å². The molecule has 0 saturated heterocycles. The first-order valence-corrected chi connectivity index (χ1v) is 6.70. The maximum Gasteiger partial charge on any atom is 0.143 e. The average molecular weight is 308 g/mol. The van der Waals surface area contributed by atoms with Crippen LogP contribution in [0.1, 0.15) is 0 Å². The van der Waals surface area contributed by atoms with Crippen LogP contribution in [0.3, 0.4) is 0 Å². The van der Waals surface area contributed by atoms with E-state index >= 15 is 0 Å². The average Bonchev–Trinajstić information content (AvgIpc) is 2.75. The van der Waals surface area contributed by atoms with Gasteiger partial charge in [-0.15, -0.1) is 0 Å². The molecule has 0 atom stereocenters. The molecule has 0 amide bonds. The van der Waals surface area contributed by atoms with E-state index < -0.39 is 0 Å². The summed E-state index contributed by atoms with van der Waals surface area (Å²) in [6, 6.07) is 8.96. The van der Waals surface area contributed by atoms with Crippen LogP contribution in [-0.2, 0) is 7.05 Å². The molecule has 2 aromatic carbocycles. The molecule has 0 bridgehead atoms. The largest absolute Gasteiger partial charge is 0.506 e. The molecule has 3 nitrogen and oxygen atoms in total. The summed E-state index contributed by atoms with van der Waals surface area (Å²) in [6.07, 6.45) is 1.85. The number of para-hydroxylation sites is 1. The molecular weight excluding hydrogens is 297 g/mol. The van der Waals surface area contributed by atoms with Crippen LogP contribution in [0.4, 0.5) is 0 Å². The molecule has 0 aliphatic carbocycles. The van der Waals surface area contributed by atoms with Gasteiger partial charge in [0, 0.05) is 41.3 Å². The van der Waals surface area contributed by atoms with Crippen LogP contribution >= 0.6 is 23.2 Å². The summed E-state index contributed by atoms with van der Waals surface area (Å²) in [7, 11) is 1.90. The highest BCUT2D eigenvalue weighted by Crippen LogP contribution is 2.47. The van der Waals surface area contributed by atoms with Crippen molar-refractivity contribution in [1.82, 2.24) is 4.57 Å². The fourth-order valence-corrected chi connectivity index (χ4v) is 2.83. The smallest absolute Gasteiger partial charge is 0.143 e. The number of phenols is 2. The molecule has 0 fully saturated rings. The van der Waals surface area contributed by atoms with E-state index in [1.165, 1.54) is 6.07 Å². The fourth-order valence-electron chi connectivity index (χ4n) is 2.39. The van der Waals surface area contributed by atoms with Crippen LogP contribution in [-0.4, -0.2) is 14.8 Å². The van der Waals surface area contributed by atoms with Gasteiger partial charge in [0.25, 0.3) is 0 Å². The summed E-state index contributed by atoms with van der Waals surface area (Å²) in [5.41, 5.74) is 2.06. The Labute approximate surface area is 125 Å². The molecule has 0 unspecified atom stereocenters. The summed E-state index contributed by atoms with van der Waals surface area (Å²) in [5.74, 6) is -0.289. The van der Waals surface area contributed by atoms with Crippen LogP contribution in [0.15, 0.2) is 36.5 Å². The van der Waals surface area contributed by atoms with Gasteiger partial charge in [0.05, 0.1) is 10.0 Å². The third-order valence-electron chi connectivity index (χ3n) is 3.34. The number of hydrogen-bond donors (Lipinski definition) is 2. The molecule has 0 spiro atoms. The van der Waals surface area contributed by atoms with Gasteiger partial charge in [0.1, 0.15) is 11.5 Å². The zero-order chi connectivity index (χ0) is 14.4. The van der Waals surface area contributed by atoms with Crippen molar-refractivity contribution in [3.05, 3.63) is 46.6 Å². The van der Waals surface area contributed by atoms with Crippen molar-refractivity contribution >= 4 is 34.1 Å². The Hall–Kier alpha value is -1.84. The van der Waals surface area contributed by atoms with Gasteiger partial charge < -0.3 is 14.8 Å². The van der Waals surface area contributed by atoms with Gasteiger partial charge >= 0.3 is 0 Å². The third-order valence-corrected chi connectivity index (χ3v) is 4.01. The predicted molar refractivity (Wildman–Crippen MR) is 81.7 cm³/mol. The number of nitrogens with zero attached hydrogens (tertiary/aromatic N) is 1. The number of phenolic OH excluding ortho intramolecular Hbond substituents is 2. The molecule has 0 saturated carbocycles. The minimum atomic E-state index is -0.155. The van der Waals surface area contributed by atoms with E-state index in [9.17, 15) is 10.2 Å². The quantitative estimate of drug-likeness (QED) is 0.647. The lowest BCUT2D eigenvalue weighted by Crippen LogP contribution is -1.83. The Morgan fingerprint density at radius 1 is 1.10 bits per heavy atom. The first-order valence-electron chi connectivity index (χ1n) is 5.95. The fraction of sp³-hybridized carbons (Fsp3) is 0.0667. The molecule has 5 heteroatoms. The van der Waals surface area contributed by atoms with E-state index in [-0.39, 0.29) is 21.5 Å². The number of rotatable bonds is 1. The van der Waals surface area contributed by atoms with Crippen molar-refractivity contribution in [3.8, 4) is 22.6 Å². The summed E-state index contributed by atoms with van der Waals surface area (Å²) in [4.78, 5) is 0. The van der Waals surface area contributed by atoms with Gasteiger partial charge in [0.15, 0.2) is 0 Å². The normalized spacial score (nSPS) is 11.2. The molecular formula is C15H11Cl2NO2. The van der Waals surface area contributed by atoms with E-state index in [4.69, 9.17) is 23.2 Å². The summed E-state index contributed by atoms with van der Waals surface area (Å²) >= 11 is 12.1. The highest BCUT2D eigenvalue weighted by Gasteiger charge is 2.20. The molecule has 1 aromatic heterocycles. The topological polar surface area (TPSA) is 45.4 Å². The summed E-state index contributed by atoms with van der Waals surface area (Å²) in [6.45, 7) is 0. The zero-order valence-corrected chi connectivity index (χ0v) is 12.1. The Kier molecular flexibility index (Phi) is 3.04. The molecule has 0 radical (unpaired) electrons. The van der Waals surface area contributed by atoms with Crippen molar-refractivity contribution in [2.24, 2.45) is 7.05 Å². The Morgan fingerprint density at radius 3 is 2.55 bits per heavy atom. The number of aromatic nitrogens is 1. The lowest BCUT2D eigenvalue weighted by atomic mass is 10.0. The molecule has 3 aromatic rings. The van der Waals surface area contributed by atoms with E-state index in [2.05, 4.69) is 0 Å². The van der Waals surface area contributed by atoms with E-state index in [1.54, 1.807) is 0 Å². The standard InChI is InChI=1S/C15H11Cl2NO2/c1-18-7-9(8-4-2-3-5-11(8)18)13-14(17)12(19)6-10(16)15(13)20/h2-7,19-20H,1H3. The minimum absolute atomic E-state index is 0.0647. The van der Waals surface area contributed by atoms with E-state index in [1.807, 2.05) is 42.1 Å². The van der Waals surface area contributed by atoms with Crippen molar-refractivity contribution < 1.29 is 10.2 Å². The molecule has 3 rings (SSSR count). The first-order chi connectivity index (χ1) is 9.50. The number of fused-ring (bicyclic) bond motifs is 1. The molecule has 2 N–H and O–H groups in total. The maximum absolute atomic E-state index is 10.2. The second-order valence-electron chi connectivity index (χ2n) is 4.59. The molecule has 0 aliphatic rings. The first kappa shape index (κ1) is 13.2. The van der Waals surface area contributed by atoms with Gasteiger partial charge in [-0.25, -0.2) is 0 Å². The third kappa shape index (κ3) is 1.82. The minimum Gasteiger partial charge on any atom is -0.506 e. The Morgan fingerprint density at radius 2 is 1.80 bits per heavy atom. The molecule has 20 heavy (non-hydrogen) atoms. The van der Waals surface area contributed by atoms with Crippen LogP contribution in [0.5, 0.6) is 11.5 Å². The van der Waals surface area contributed by atoms with Crippen molar-refractivity contribution in [3.63, 3.8) is 0 Å². The number of aromatic hydroxyl groups is 2. The van der Waals surface area contributed by atoms with Crippen molar-refractivity contribution in [1.29, 1.82) is 0 Å². The van der Waals surface area contributed by atoms with E-state index in [0.717, 1.165) is 16.5 Å². The summed E-state index contributed by atoms with van der Waals surface area (Å²) in [5, 5.41) is 21.1. The summed E-state index contributed by atoms with van der Waals surface area (Å²) < 4.78 is 1.93. The van der Waals surface area contributed by atoms with Crippen LogP contribution in [0, 0.1) is 0 Å². The van der Waals surface area contributed by atoms with Crippen LogP contribution in [0.2, 0.25) is 10.0 Å². The monoisotopic (exact) mass is 307 g/mol. The molecule has 0 aliphatic heterocycles. The van der Waals surface area contributed by atoms with Gasteiger partial charge in [-0.2, -0.15) is 0 Å². The second-order valence-corrected chi connectivity index (χ2v) is 5.37. The van der Waals surface area contributed by atoms with Gasteiger partial charge in [0.2, 0.25) is 0 Å². The number of benzene rings is 2. The van der Waals surface area contributed by atoms with Gasteiger partial charge in [-0.3, -0.25) is 0 Å². The number of aryl methyl sites for hydroxylation is 1. The Balaban J connectivity index is 2.43. The molecule has 102 valence electrons. The number of hydrogen-bond acceptors (Lipinski definition) is 2. The van der Waals surface area contributed by atoms with Crippen LogP contribution < -0.4 is 0 Å². The zero-order valence-electron chi connectivity index (χ0n) is 10.6. The van der Waals surface area contributed by atoms with Crippen LogP contribution in [0.25, 0.3) is 22.0 Å². The van der Waals surface area contributed by atoms with Crippen molar-refractivity contribution in [2.45, 2.75) is 0 Å². The predicted octanol–water partition coefficient (Wildman–Crippen LogP) is 4.56. The van der Waals surface area contributed by atoms with Gasteiger partial charge in [-0.05, 0) is 6.07 Å². The lowest BCUT2D eigenvalue weighted by Gasteiger charge is -2.09. The Bertz CT molecular complexity index is 798. The molecule has 1 heterocycles. The highest BCUT2D eigenvalue weighted by molar-refractivity contribution is 6.38. The van der Waals surface area contributed by atoms with Crippen molar-refractivity contribution in [2.75, 3.05) is 0 Å². The second kappa shape index (κ2) is 4.62. The SMILES string of the molecule is Cn1cc(-c2c(O)c(Cl)cc(O)c2Cl)c2ccccc21. The highest BCUT2D eigenvalue weighted by atomic mass is 35.5. The maximum atomic E-state index is 10.2. The number of halogens is 2. The van der Waals surface area contributed by atoms with Gasteiger partial charge in [-0.1, -0.05) is 41.4 Å².